The summed E-state index contributed by atoms with van der Waals surface area (Å²) in [6.45, 7) is 4.79. The number of amides is 1. The van der Waals surface area contributed by atoms with E-state index in [0.717, 1.165) is 24.2 Å². The zero-order chi connectivity index (χ0) is 23.5. The summed E-state index contributed by atoms with van der Waals surface area (Å²) in [5, 5.41) is 16.8. The molecule has 11 heteroatoms. The molecule has 4 heterocycles. The van der Waals surface area contributed by atoms with Gasteiger partial charge in [0, 0.05) is 60.6 Å². The minimum absolute atomic E-state index is 0.0419. The number of benzene rings is 1. The summed E-state index contributed by atoms with van der Waals surface area (Å²) in [5.41, 5.74) is 1.76. The van der Waals surface area contributed by atoms with E-state index in [4.69, 9.17) is 20.5 Å². The molecule has 176 valence electrons. The molecule has 4 aromatic rings. The van der Waals surface area contributed by atoms with Crippen molar-refractivity contribution < 1.29 is 13.7 Å². The summed E-state index contributed by atoms with van der Waals surface area (Å²) in [6, 6.07) is 9.22. The van der Waals surface area contributed by atoms with E-state index in [-0.39, 0.29) is 11.9 Å². The SMILES string of the molecule is CC(c1nc(-c2ccc(Cl)cc2)no1)N1CCN(C(=O)CCc2nnc(-c3ccsc3)o2)CC1. The summed E-state index contributed by atoms with van der Waals surface area (Å²) >= 11 is 7.52. The maximum atomic E-state index is 12.7. The Kier molecular flexibility index (Phi) is 6.70. The molecule has 1 aliphatic rings. The van der Waals surface area contributed by atoms with Crippen molar-refractivity contribution in [3.05, 3.63) is 57.9 Å². The number of thiophene rings is 1. The van der Waals surface area contributed by atoms with Gasteiger partial charge in [-0.3, -0.25) is 9.69 Å². The lowest BCUT2D eigenvalue weighted by atomic mass is 10.2. The van der Waals surface area contributed by atoms with Crippen LogP contribution in [0.15, 0.2) is 50.0 Å². The normalized spacial score (nSPS) is 15.5. The molecule has 1 saturated heterocycles. The molecule has 0 spiro atoms. The number of hydrogen-bond acceptors (Lipinski definition) is 9. The first-order valence-electron chi connectivity index (χ1n) is 11.0. The highest BCUT2D eigenvalue weighted by Gasteiger charge is 2.28. The Labute approximate surface area is 205 Å². The largest absolute Gasteiger partial charge is 0.421 e. The highest BCUT2D eigenvalue weighted by Crippen LogP contribution is 2.25. The van der Waals surface area contributed by atoms with Crippen LogP contribution < -0.4 is 0 Å². The Morgan fingerprint density at radius 2 is 1.91 bits per heavy atom. The van der Waals surface area contributed by atoms with Crippen molar-refractivity contribution in [2.24, 2.45) is 0 Å². The van der Waals surface area contributed by atoms with E-state index in [2.05, 4.69) is 25.2 Å². The van der Waals surface area contributed by atoms with Crippen LogP contribution in [0.25, 0.3) is 22.8 Å². The van der Waals surface area contributed by atoms with Crippen LogP contribution in [0.5, 0.6) is 0 Å². The first-order chi connectivity index (χ1) is 16.6. The Bertz CT molecular complexity index is 1230. The van der Waals surface area contributed by atoms with Gasteiger partial charge in [0.1, 0.15) is 0 Å². The van der Waals surface area contributed by atoms with Gasteiger partial charge in [-0.1, -0.05) is 16.8 Å². The van der Waals surface area contributed by atoms with Crippen LogP contribution in [0.2, 0.25) is 5.02 Å². The second-order valence-corrected chi connectivity index (χ2v) is 9.29. The van der Waals surface area contributed by atoms with Gasteiger partial charge in [0.15, 0.2) is 0 Å². The number of nitrogens with zero attached hydrogens (tertiary/aromatic N) is 6. The maximum absolute atomic E-state index is 12.7. The third-order valence-electron chi connectivity index (χ3n) is 5.90. The molecule has 1 aliphatic heterocycles. The number of carbonyl (C=O) groups excluding carboxylic acids is 1. The fourth-order valence-corrected chi connectivity index (χ4v) is 4.62. The molecule has 1 aromatic carbocycles. The Hall–Kier alpha value is -3.08. The number of halogens is 1. The van der Waals surface area contributed by atoms with E-state index in [0.29, 0.717) is 54.5 Å². The second-order valence-electron chi connectivity index (χ2n) is 8.07. The van der Waals surface area contributed by atoms with Gasteiger partial charge < -0.3 is 13.8 Å². The van der Waals surface area contributed by atoms with Crippen molar-refractivity contribution in [2.45, 2.75) is 25.8 Å². The van der Waals surface area contributed by atoms with Crippen molar-refractivity contribution >= 4 is 28.8 Å². The van der Waals surface area contributed by atoms with Gasteiger partial charge in [0.25, 0.3) is 0 Å². The predicted octanol–water partition coefficient (Wildman–Crippen LogP) is 4.34. The monoisotopic (exact) mass is 498 g/mol. The highest BCUT2D eigenvalue weighted by molar-refractivity contribution is 7.08. The first kappa shape index (κ1) is 22.7. The van der Waals surface area contributed by atoms with Gasteiger partial charge in [0.2, 0.25) is 29.4 Å². The summed E-state index contributed by atoms with van der Waals surface area (Å²) in [5.74, 6) is 2.16. The lowest BCUT2D eigenvalue weighted by Gasteiger charge is -2.36. The Morgan fingerprint density at radius 3 is 2.65 bits per heavy atom. The van der Waals surface area contributed by atoms with Crippen LogP contribution in [0, 0.1) is 0 Å². The average molecular weight is 499 g/mol. The van der Waals surface area contributed by atoms with Gasteiger partial charge in [0.05, 0.1) is 6.04 Å². The number of carbonyl (C=O) groups is 1. The number of aryl methyl sites for hydroxylation is 1. The van der Waals surface area contributed by atoms with Crippen LogP contribution >= 0.6 is 22.9 Å². The molecule has 0 saturated carbocycles. The first-order valence-corrected chi connectivity index (χ1v) is 12.4. The molecule has 1 amide bonds. The highest BCUT2D eigenvalue weighted by atomic mass is 35.5. The topological polar surface area (TPSA) is 101 Å². The summed E-state index contributed by atoms with van der Waals surface area (Å²) in [7, 11) is 0. The van der Waals surface area contributed by atoms with E-state index in [1.165, 1.54) is 0 Å². The summed E-state index contributed by atoms with van der Waals surface area (Å²) < 4.78 is 11.2. The average Bonchev–Trinajstić information content (AvgIpc) is 3.64. The molecule has 0 bridgehead atoms. The Balaban J connectivity index is 1.11. The van der Waals surface area contributed by atoms with Gasteiger partial charge in [-0.05, 0) is 42.6 Å². The summed E-state index contributed by atoms with van der Waals surface area (Å²) in [6.07, 6.45) is 0.775. The molecular formula is C23H23ClN6O3S. The number of piperazine rings is 1. The van der Waals surface area contributed by atoms with Crippen molar-refractivity contribution in [2.75, 3.05) is 26.2 Å². The molecule has 9 nitrogen and oxygen atoms in total. The van der Waals surface area contributed by atoms with Gasteiger partial charge in [-0.2, -0.15) is 16.3 Å². The second kappa shape index (κ2) is 10.0. The third kappa shape index (κ3) is 5.03. The number of hydrogen-bond donors (Lipinski definition) is 0. The zero-order valence-corrected chi connectivity index (χ0v) is 20.1. The molecule has 5 rings (SSSR count). The number of rotatable bonds is 7. The maximum Gasteiger partial charge on any atom is 0.248 e. The molecular weight excluding hydrogens is 476 g/mol. The smallest absolute Gasteiger partial charge is 0.248 e. The summed E-state index contributed by atoms with van der Waals surface area (Å²) in [4.78, 5) is 21.4. The predicted molar refractivity (Wildman–Crippen MR) is 127 cm³/mol. The fraction of sp³-hybridized carbons (Fsp3) is 0.348. The van der Waals surface area contributed by atoms with Crippen molar-refractivity contribution in [1.82, 2.24) is 30.1 Å². The minimum Gasteiger partial charge on any atom is -0.421 e. The van der Waals surface area contributed by atoms with E-state index in [1.807, 2.05) is 40.8 Å². The molecule has 0 aliphatic carbocycles. The molecule has 1 unspecified atom stereocenters. The van der Waals surface area contributed by atoms with E-state index < -0.39 is 0 Å². The lowest BCUT2D eigenvalue weighted by Crippen LogP contribution is -2.49. The standard InChI is InChI=1S/C23H23ClN6O3S/c1-15(22-25-21(28-33-22)16-2-4-18(24)5-3-16)29-9-11-30(12-10-29)20(31)7-6-19-26-27-23(32-19)17-8-13-34-14-17/h2-5,8,13-15H,6-7,9-12H2,1H3. The quantitative estimate of drug-likeness (QED) is 0.371. The lowest BCUT2D eigenvalue weighted by molar-refractivity contribution is -0.133. The molecule has 34 heavy (non-hydrogen) atoms. The molecule has 1 atom stereocenters. The van der Waals surface area contributed by atoms with Gasteiger partial charge >= 0.3 is 0 Å². The van der Waals surface area contributed by atoms with Crippen LogP contribution in [-0.4, -0.2) is 62.2 Å². The van der Waals surface area contributed by atoms with Gasteiger partial charge in [-0.25, -0.2) is 0 Å². The van der Waals surface area contributed by atoms with Crippen molar-refractivity contribution in [3.8, 4) is 22.8 Å². The zero-order valence-electron chi connectivity index (χ0n) is 18.6. The molecule has 3 aromatic heterocycles. The van der Waals surface area contributed by atoms with E-state index in [1.54, 1.807) is 23.5 Å². The van der Waals surface area contributed by atoms with Crippen molar-refractivity contribution in [1.29, 1.82) is 0 Å². The van der Waals surface area contributed by atoms with Crippen LogP contribution in [0.1, 0.15) is 31.2 Å². The van der Waals surface area contributed by atoms with Gasteiger partial charge in [-0.15, -0.1) is 10.2 Å². The van der Waals surface area contributed by atoms with E-state index >= 15 is 0 Å². The third-order valence-corrected chi connectivity index (χ3v) is 6.84. The number of aromatic nitrogens is 4. The van der Waals surface area contributed by atoms with E-state index in [9.17, 15) is 4.79 Å². The van der Waals surface area contributed by atoms with Crippen LogP contribution in [-0.2, 0) is 11.2 Å². The molecule has 0 radical (unpaired) electrons. The van der Waals surface area contributed by atoms with Crippen molar-refractivity contribution in [3.63, 3.8) is 0 Å². The van der Waals surface area contributed by atoms with Crippen LogP contribution in [0.4, 0.5) is 0 Å². The van der Waals surface area contributed by atoms with Crippen LogP contribution in [0.3, 0.4) is 0 Å². The minimum atomic E-state index is -0.0419. The fourth-order valence-electron chi connectivity index (χ4n) is 3.87. The Morgan fingerprint density at radius 1 is 1.12 bits per heavy atom. The molecule has 1 fully saturated rings. The molecule has 0 N–H and O–H groups in total.